The van der Waals surface area contributed by atoms with Crippen molar-refractivity contribution in [1.29, 1.82) is 0 Å². The van der Waals surface area contributed by atoms with E-state index < -0.39 is 11.8 Å². The second-order valence-corrected chi connectivity index (χ2v) is 5.74. The summed E-state index contributed by atoms with van der Waals surface area (Å²) in [5.41, 5.74) is 5.50. The summed E-state index contributed by atoms with van der Waals surface area (Å²) in [5.74, 6) is -1.45. The molecule has 8 heteroatoms. The van der Waals surface area contributed by atoms with E-state index >= 15 is 0 Å². The average molecular weight is 378 g/mol. The van der Waals surface area contributed by atoms with Crippen LogP contribution in [0.25, 0.3) is 11.4 Å². The smallest absolute Gasteiger partial charge is 0.364 e. The van der Waals surface area contributed by atoms with Gasteiger partial charge in [0.1, 0.15) is 22.4 Å². The highest BCUT2D eigenvalue weighted by Crippen LogP contribution is 2.28. The maximum Gasteiger partial charge on any atom is 0.364 e. The van der Waals surface area contributed by atoms with Gasteiger partial charge in [0.15, 0.2) is 11.5 Å². The zero-order valence-electron chi connectivity index (χ0n) is 12.5. The van der Waals surface area contributed by atoms with Crippen molar-refractivity contribution in [3.63, 3.8) is 0 Å². The third-order valence-electron chi connectivity index (χ3n) is 3.20. The van der Waals surface area contributed by atoms with Crippen LogP contribution in [0.1, 0.15) is 10.5 Å². The monoisotopic (exact) mass is 377 g/mol. The number of hydrogen-bond donors (Lipinski definition) is 1. The van der Waals surface area contributed by atoms with Crippen LogP contribution in [0.4, 0.5) is 10.2 Å². The fraction of sp³-hybridized carbons (Fsp3) is 0. The summed E-state index contributed by atoms with van der Waals surface area (Å²) in [7, 11) is 0. The highest BCUT2D eigenvalue weighted by Gasteiger charge is 2.21. The van der Waals surface area contributed by atoms with E-state index in [1.807, 2.05) is 0 Å². The van der Waals surface area contributed by atoms with Gasteiger partial charge in [-0.05, 0) is 30.3 Å². The fourth-order valence-electron chi connectivity index (χ4n) is 2.03. The number of nitrogen functional groups attached to an aromatic ring is 1. The molecule has 5 nitrogen and oxygen atoms in total. The quantitative estimate of drug-likeness (QED) is 0.540. The molecule has 25 heavy (non-hydrogen) atoms. The lowest BCUT2D eigenvalue weighted by atomic mass is 10.2. The molecule has 2 aromatic carbocycles. The van der Waals surface area contributed by atoms with E-state index in [1.165, 1.54) is 12.1 Å². The first-order valence-electron chi connectivity index (χ1n) is 7.01. The van der Waals surface area contributed by atoms with Crippen LogP contribution < -0.4 is 10.5 Å². The molecule has 0 amide bonds. The first kappa shape index (κ1) is 17.1. The summed E-state index contributed by atoms with van der Waals surface area (Å²) in [4.78, 5) is 20.3. The first-order valence-corrected chi connectivity index (χ1v) is 7.77. The van der Waals surface area contributed by atoms with E-state index in [-0.39, 0.29) is 32.9 Å². The van der Waals surface area contributed by atoms with Crippen LogP contribution in [0.5, 0.6) is 5.75 Å². The highest BCUT2D eigenvalue weighted by atomic mass is 35.5. The summed E-state index contributed by atoms with van der Waals surface area (Å²) in [6.45, 7) is 0. The van der Waals surface area contributed by atoms with Crippen molar-refractivity contribution in [2.24, 2.45) is 0 Å². The average Bonchev–Trinajstić information content (AvgIpc) is 2.58. The molecule has 3 rings (SSSR count). The molecule has 0 aliphatic rings. The molecule has 0 fully saturated rings. The number of para-hydroxylation sites is 1. The fourth-order valence-corrected chi connectivity index (χ4v) is 2.36. The third kappa shape index (κ3) is 3.70. The Bertz CT molecular complexity index is 952. The Balaban J connectivity index is 2.02. The van der Waals surface area contributed by atoms with Gasteiger partial charge < -0.3 is 10.5 Å². The van der Waals surface area contributed by atoms with E-state index in [0.29, 0.717) is 5.75 Å². The second-order valence-electron chi connectivity index (χ2n) is 4.92. The Labute approximate surface area is 152 Å². The number of anilines is 1. The van der Waals surface area contributed by atoms with Gasteiger partial charge in [-0.25, -0.2) is 19.2 Å². The number of halogens is 3. The zero-order chi connectivity index (χ0) is 18.0. The predicted octanol–water partition coefficient (Wildman–Crippen LogP) is 4.39. The summed E-state index contributed by atoms with van der Waals surface area (Å²) in [6, 6.07) is 12.3. The summed E-state index contributed by atoms with van der Waals surface area (Å²) < 4.78 is 19.3. The van der Waals surface area contributed by atoms with Crippen LogP contribution in [0.15, 0.2) is 48.5 Å². The van der Waals surface area contributed by atoms with Gasteiger partial charge in [-0.2, -0.15) is 0 Å². The molecule has 0 spiro atoms. The lowest BCUT2D eigenvalue weighted by Gasteiger charge is -2.09. The molecule has 0 unspecified atom stereocenters. The van der Waals surface area contributed by atoms with Gasteiger partial charge in [-0.1, -0.05) is 41.4 Å². The molecular formula is C17H10Cl2FN3O2. The van der Waals surface area contributed by atoms with Crippen molar-refractivity contribution in [3.05, 3.63) is 70.1 Å². The van der Waals surface area contributed by atoms with Crippen LogP contribution in [0.3, 0.4) is 0 Å². The number of esters is 1. The number of aromatic nitrogens is 2. The number of carbonyl (C=O) groups excluding carboxylic acids is 1. The standard InChI is InChI=1S/C17H10Cl2FN3O2/c18-9-6-7-11(12(20)8-9)16-22-14(13(19)15(21)23-16)17(24)25-10-4-2-1-3-5-10/h1-8H,(H2,21,22,23). The van der Waals surface area contributed by atoms with E-state index in [2.05, 4.69) is 9.97 Å². The third-order valence-corrected chi connectivity index (χ3v) is 3.80. The van der Waals surface area contributed by atoms with Gasteiger partial charge in [-0.15, -0.1) is 0 Å². The van der Waals surface area contributed by atoms with Crippen LogP contribution in [-0.4, -0.2) is 15.9 Å². The number of rotatable bonds is 3. The molecule has 3 aromatic rings. The van der Waals surface area contributed by atoms with E-state index in [1.54, 1.807) is 30.3 Å². The second kappa shape index (κ2) is 7.04. The van der Waals surface area contributed by atoms with Gasteiger partial charge in [0.2, 0.25) is 0 Å². The zero-order valence-corrected chi connectivity index (χ0v) is 14.1. The van der Waals surface area contributed by atoms with E-state index in [4.69, 9.17) is 33.7 Å². The Morgan fingerprint density at radius 1 is 1.08 bits per heavy atom. The summed E-state index contributed by atoms with van der Waals surface area (Å²) in [6.07, 6.45) is 0. The Hall–Kier alpha value is -2.70. The van der Waals surface area contributed by atoms with Gasteiger partial charge in [0.25, 0.3) is 0 Å². The lowest BCUT2D eigenvalue weighted by Crippen LogP contribution is -2.14. The molecule has 1 heterocycles. The van der Waals surface area contributed by atoms with Crippen molar-refractivity contribution < 1.29 is 13.9 Å². The normalized spacial score (nSPS) is 10.5. The van der Waals surface area contributed by atoms with Crippen molar-refractivity contribution >= 4 is 35.0 Å². The molecule has 2 N–H and O–H groups in total. The minimum atomic E-state index is -0.832. The van der Waals surface area contributed by atoms with Crippen molar-refractivity contribution in [2.45, 2.75) is 0 Å². The number of benzene rings is 2. The van der Waals surface area contributed by atoms with Gasteiger partial charge >= 0.3 is 5.97 Å². The van der Waals surface area contributed by atoms with E-state index in [9.17, 15) is 9.18 Å². The van der Waals surface area contributed by atoms with Crippen molar-refractivity contribution in [1.82, 2.24) is 9.97 Å². The maximum absolute atomic E-state index is 14.1. The Kier molecular flexibility index (Phi) is 4.83. The SMILES string of the molecule is Nc1nc(-c2ccc(Cl)cc2F)nc(C(=O)Oc2ccccc2)c1Cl. The highest BCUT2D eigenvalue weighted by molar-refractivity contribution is 6.35. The summed E-state index contributed by atoms with van der Waals surface area (Å²) in [5, 5.41) is 0.0472. The molecule has 0 radical (unpaired) electrons. The lowest BCUT2D eigenvalue weighted by molar-refractivity contribution is 0.0729. The van der Waals surface area contributed by atoms with Gasteiger partial charge in [0.05, 0.1) is 5.56 Å². The molecule has 0 bridgehead atoms. The Morgan fingerprint density at radius 2 is 1.80 bits per heavy atom. The van der Waals surface area contributed by atoms with Crippen LogP contribution in [0.2, 0.25) is 10.0 Å². The molecule has 1 aromatic heterocycles. The minimum Gasteiger partial charge on any atom is -0.422 e. The molecule has 0 saturated heterocycles. The van der Waals surface area contributed by atoms with Gasteiger partial charge in [-0.3, -0.25) is 0 Å². The van der Waals surface area contributed by atoms with Crippen LogP contribution in [-0.2, 0) is 0 Å². The first-order chi connectivity index (χ1) is 12.0. The topological polar surface area (TPSA) is 78.1 Å². The largest absolute Gasteiger partial charge is 0.422 e. The van der Waals surface area contributed by atoms with Gasteiger partial charge in [0, 0.05) is 5.02 Å². The predicted molar refractivity (Wildman–Crippen MR) is 93.3 cm³/mol. The molecule has 0 aliphatic heterocycles. The molecule has 126 valence electrons. The minimum absolute atomic E-state index is 0.0292. The van der Waals surface area contributed by atoms with Crippen LogP contribution in [0, 0.1) is 5.82 Å². The molecule has 0 aliphatic carbocycles. The summed E-state index contributed by atoms with van der Waals surface area (Å²) >= 11 is 11.7. The Morgan fingerprint density at radius 3 is 2.48 bits per heavy atom. The maximum atomic E-state index is 14.1. The van der Waals surface area contributed by atoms with Crippen LogP contribution >= 0.6 is 23.2 Å². The number of hydrogen-bond acceptors (Lipinski definition) is 5. The molecular weight excluding hydrogens is 368 g/mol. The van der Waals surface area contributed by atoms with Crippen molar-refractivity contribution in [3.8, 4) is 17.1 Å². The molecule has 0 atom stereocenters. The number of carbonyl (C=O) groups is 1. The number of ether oxygens (including phenoxy) is 1. The number of nitrogens with two attached hydrogens (primary N) is 1. The number of nitrogens with zero attached hydrogens (tertiary/aromatic N) is 2. The molecule has 0 saturated carbocycles. The van der Waals surface area contributed by atoms with E-state index in [0.717, 1.165) is 6.07 Å². The van der Waals surface area contributed by atoms with Crippen molar-refractivity contribution in [2.75, 3.05) is 5.73 Å².